The molecule has 30 heavy (non-hydrogen) atoms. The average Bonchev–Trinajstić information content (AvgIpc) is 3.50. The number of fused-ring (bicyclic) bond motifs is 1. The van der Waals surface area contributed by atoms with Crippen LogP contribution in [0.1, 0.15) is 17.9 Å². The number of rotatable bonds is 5. The van der Waals surface area contributed by atoms with Gasteiger partial charge in [0.1, 0.15) is 5.76 Å². The number of furan rings is 1. The van der Waals surface area contributed by atoms with Crippen molar-refractivity contribution in [2.45, 2.75) is 19.9 Å². The predicted octanol–water partition coefficient (Wildman–Crippen LogP) is 4.18. The first-order chi connectivity index (χ1) is 14.6. The Morgan fingerprint density at radius 1 is 1.33 bits per heavy atom. The number of anilines is 1. The molecule has 3 aromatic heterocycles. The summed E-state index contributed by atoms with van der Waals surface area (Å²) in [6.07, 6.45) is 1.78. The number of aryl methyl sites for hydroxylation is 1. The van der Waals surface area contributed by atoms with Crippen molar-refractivity contribution in [2.24, 2.45) is 5.92 Å². The Hall–Kier alpha value is -3.39. The van der Waals surface area contributed by atoms with E-state index < -0.39 is 5.92 Å². The van der Waals surface area contributed by atoms with Crippen molar-refractivity contribution >= 4 is 39.2 Å². The molecular formula is C22H20N4O3S. The van der Waals surface area contributed by atoms with E-state index >= 15 is 0 Å². The number of aromatic amines is 1. The number of amides is 2. The first kappa shape index (κ1) is 18.6. The molecule has 2 N–H and O–H groups in total. The van der Waals surface area contributed by atoms with E-state index in [0.717, 1.165) is 27.9 Å². The molecule has 1 aromatic carbocycles. The molecular weight excluding hydrogens is 400 g/mol. The number of nitrogens with zero attached hydrogens (tertiary/aromatic N) is 2. The van der Waals surface area contributed by atoms with E-state index in [1.54, 1.807) is 17.2 Å². The average molecular weight is 420 g/mol. The summed E-state index contributed by atoms with van der Waals surface area (Å²) >= 11 is 1.39. The molecule has 0 radical (unpaired) electrons. The van der Waals surface area contributed by atoms with Crippen molar-refractivity contribution in [1.29, 1.82) is 0 Å². The second kappa shape index (κ2) is 7.46. The van der Waals surface area contributed by atoms with Gasteiger partial charge in [-0.3, -0.25) is 9.59 Å². The van der Waals surface area contributed by atoms with Gasteiger partial charge >= 0.3 is 0 Å². The van der Waals surface area contributed by atoms with E-state index in [-0.39, 0.29) is 18.2 Å². The van der Waals surface area contributed by atoms with Gasteiger partial charge < -0.3 is 19.6 Å². The first-order valence-electron chi connectivity index (χ1n) is 9.72. The van der Waals surface area contributed by atoms with E-state index in [9.17, 15) is 9.59 Å². The first-order valence-corrected chi connectivity index (χ1v) is 10.6. The number of nitrogens with one attached hydrogen (secondary N) is 2. The van der Waals surface area contributed by atoms with Crippen LogP contribution in [-0.4, -0.2) is 33.2 Å². The standard InChI is InChI=1S/C22H20N4O3S/c1-13-20(16-6-2-3-7-17(16)23-13)18-12-30-22(24-18)25-21(28)14-9-19(27)26(10-14)11-15-5-4-8-29-15/h2-8,12,14,23H,9-11H2,1H3,(H,24,25,28). The minimum atomic E-state index is -0.394. The lowest BCUT2D eigenvalue weighted by Gasteiger charge is -2.14. The van der Waals surface area contributed by atoms with Crippen LogP contribution in [0.5, 0.6) is 0 Å². The van der Waals surface area contributed by atoms with Gasteiger partial charge in [0.2, 0.25) is 11.8 Å². The Morgan fingerprint density at radius 2 is 2.20 bits per heavy atom. The quantitative estimate of drug-likeness (QED) is 0.507. The summed E-state index contributed by atoms with van der Waals surface area (Å²) in [7, 11) is 0. The third-order valence-corrected chi connectivity index (χ3v) is 6.15. The van der Waals surface area contributed by atoms with Crippen LogP contribution in [0.3, 0.4) is 0 Å². The Bertz CT molecular complexity index is 1220. The topological polar surface area (TPSA) is 91.2 Å². The van der Waals surface area contributed by atoms with E-state index in [0.29, 0.717) is 24.0 Å². The molecule has 8 heteroatoms. The monoisotopic (exact) mass is 420 g/mol. The maximum Gasteiger partial charge on any atom is 0.231 e. The van der Waals surface area contributed by atoms with E-state index in [1.165, 1.54) is 11.3 Å². The largest absolute Gasteiger partial charge is 0.467 e. The lowest BCUT2D eigenvalue weighted by molar-refractivity contribution is -0.128. The Balaban J connectivity index is 1.29. The molecule has 1 saturated heterocycles. The van der Waals surface area contributed by atoms with Crippen LogP contribution >= 0.6 is 11.3 Å². The maximum atomic E-state index is 12.7. The zero-order valence-electron chi connectivity index (χ0n) is 16.3. The fraction of sp³-hybridized carbons (Fsp3) is 0.227. The number of aromatic nitrogens is 2. The second-order valence-electron chi connectivity index (χ2n) is 7.45. The van der Waals surface area contributed by atoms with Gasteiger partial charge in [0.05, 0.1) is 24.4 Å². The summed E-state index contributed by atoms with van der Waals surface area (Å²) in [5.74, 6) is 0.0975. The number of carbonyl (C=O) groups is 2. The molecule has 7 nitrogen and oxygen atoms in total. The molecule has 152 valence electrons. The van der Waals surface area contributed by atoms with Gasteiger partial charge in [-0.25, -0.2) is 4.98 Å². The molecule has 0 aliphatic carbocycles. The van der Waals surface area contributed by atoms with Crippen molar-refractivity contribution < 1.29 is 14.0 Å². The van der Waals surface area contributed by atoms with Gasteiger partial charge in [-0.15, -0.1) is 11.3 Å². The minimum absolute atomic E-state index is 0.0409. The summed E-state index contributed by atoms with van der Waals surface area (Å²) in [6.45, 7) is 2.78. The highest BCUT2D eigenvalue weighted by Gasteiger charge is 2.35. The minimum Gasteiger partial charge on any atom is -0.467 e. The number of carbonyl (C=O) groups excluding carboxylic acids is 2. The van der Waals surface area contributed by atoms with Crippen LogP contribution in [-0.2, 0) is 16.1 Å². The number of H-pyrrole nitrogens is 1. The smallest absolute Gasteiger partial charge is 0.231 e. The molecule has 1 aliphatic rings. The highest BCUT2D eigenvalue weighted by Crippen LogP contribution is 2.34. The fourth-order valence-electron chi connectivity index (χ4n) is 3.95. The highest BCUT2D eigenvalue weighted by atomic mass is 32.1. The molecule has 1 atom stereocenters. The van der Waals surface area contributed by atoms with Crippen LogP contribution in [0.15, 0.2) is 52.5 Å². The normalized spacial score (nSPS) is 16.5. The lowest BCUT2D eigenvalue weighted by atomic mass is 10.1. The number of benzene rings is 1. The third-order valence-electron chi connectivity index (χ3n) is 5.40. The summed E-state index contributed by atoms with van der Waals surface area (Å²) < 4.78 is 5.31. The summed E-state index contributed by atoms with van der Waals surface area (Å²) in [6, 6.07) is 11.7. The van der Waals surface area contributed by atoms with Gasteiger partial charge in [-0.1, -0.05) is 18.2 Å². The number of hydrogen-bond donors (Lipinski definition) is 2. The number of thiazole rings is 1. The predicted molar refractivity (Wildman–Crippen MR) is 115 cm³/mol. The van der Waals surface area contributed by atoms with Crippen molar-refractivity contribution in [3.05, 3.63) is 59.5 Å². The molecule has 5 rings (SSSR count). The number of likely N-dealkylation sites (tertiary alicyclic amines) is 1. The molecule has 1 fully saturated rings. The molecule has 0 spiro atoms. The summed E-state index contributed by atoms with van der Waals surface area (Å²) in [5, 5.41) is 6.48. The molecule has 0 bridgehead atoms. The molecule has 0 saturated carbocycles. The van der Waals surface area contributed by atoms with Crippen LogP contribution in [0.4, 0.5) is 5.13 Å². The highest BCUT2D eigenvalue weighted by molar-refractivity contribution is 7.14. The molecule has 2 amide bonds. The van der Waals surface area contributed by atoms with Crippen molar-refractivity contribution in [3.8, 4) is 11.3 Å². The Kier molecular flexibility index (Phi) is 4.63. The number of para-hydroxylation sites is 1. The van der Waals surface area contributed by atoms with E-state index in [2.05, 4.69) is 21.4 Å². The maximum absolute atomic E-state index is 12.7. The van der Waals surface area contributed by atoms with Gasteiger partial charge in [-0.05, 0) is 25.1 Å². The second-order valence-corrected chi connectivity index (χ2v) is 8.31. The van der Waals surface area contributed by atoms with Crippen LogP contribution in [0.25, 0.3) is 22.2 Å². The summed E-state index contributed by atoms with van der Waals surface area (Å²) in [5.41, 5.74) is 3.97. The van der Waals surface area contributed by atoms with Crippen LogP contribution < -0.4 is 5.32 Å². The SMILES string of the molecule is Cc1[nH]c2ccccc2c1-c1csc(NC(=O)C2CC(=O)N(Cc3ccco3)C2)n1. The Morgan fingerprint density at radius 3 is 3.03 bits per heavy atom. The van der Waals surface area contributed by atoms with Crippen molar-refractivity contribution in [2.75, 3.05) is 11.9 Å². The van der Waals surface area contributed by atoms with E-state index in [4.69, 9.17) is 4.42 Å². The molecule has 1 unspecified atom stereocenters. The lowest BCUT2D eigenvalue weighted by Crippen LogP contribution is -2.27. The van der Waals surface area contributed by atoms with E-state index in [1.807, 2.05) is 36.6 Å². The zero-order chi connectivity index (χ0) is 20.7. The van der Waals surface area contributed by atoms with Crippen molar-refractivity contribution in [1.82, 2.24) is 14.9 Å². The van der Waals surface area contributed by atoms with Gasteiger partial charge in [0.15, 0.2) is 5.13 Å². The van der Waals surface area contributed by atoms with Gasteiger partial charge in [-0.2, -0.15) is 0 Å². The fourth-order valence-corrected chi connectivity index (χ4v) is 4.66. The zero-order valence-corrected chi connectivity index (χ0v) is 17.2. The van der Waals surface area contributed by atoms with Crippen LogP contribution in [0, 0.1) is 12.8 Å². The van der Waals surface area contributed by atoms with Gasteiger partial charge in [0.25, 0.3) is 0 Å². The van der Waals surface area contributed by atoms with Crippen molar-refractivity contribution in [3.63, 3.8) is 0 Å². The molecule has 4 aromatic rings. The number of hydrogen-bond acceptors (Lipinski definition) is 5. The molecule has 4 heterocycles. The third kappa shape index (κ3) is 3.39. The molecule has 1 aliphatic heterocycles. The van der Waals surface area contributed by atoms with Gasteiger partial charge in [0, 0.05) is 40.5 Å². The summed E-state index contributed by atoms with van der Waals surface area (Å²) in [4.78, 5) is 34.7. The van der Waals surface area contributed by atoms with Crippen LogP contribution in [0.2, 0.25) is 0 Å². The Labute approximate surface area is 176 Å².